The van der Waals surface area contributed by atoms with Crippen LogP contribution in [0.4, 0.5) is 0 Å². The van der Waals surface area contributed by atoms with E-state index in [0.717, 1.165) is 19.6 Å². The third-order valence-electron chi connectivity index (χ3n) is 2.42. The van der Waals surface area contributed by atoms with Crippen LogP contribution in [0, 0.1) is 0 Å². The SMILES string of the molecule is Cn1cccc1CN1CC(N)C1. The molecule has 1 aromatic rings. The van der Waals surface area contributed by atoms with Gasteiger partial charge in [0.15, 0.2) is 0 Å². The summed E-state index contributed by atoms with van der Waals surface area (Å²) in [7, 11) is 2.08. The molecule has 12 heavy (non-hydrogen) atoms. The molecular formula is C9H15N3. The molecule has 3 nitrogen and oxygen atoms in total. The number of nitrogens with two attached hydrogens (primary N) is 1. The van der Waals surface area contributed by atoms with Crippen molar-refractivity contribution in [1.82, 2.24) is 9.47 Å². The summed E-state index contributed by atoms with van der Waals surface area (Å²) >= 11 is 0. The normalized spacial score (nSPS) is 19.5. The van der Waals surface area contributed by atoms with Gasteiger partial charge in [-0.2, -0.15) is 0 Å². The van der Waals surface area contributed by atoms with Gasteiger partial charge in [-0.05, 0) is 12.1 Å². The zero-order chi connectivity index (χ0) is 8.55. The first kappa shape index (κ1) is 7.83. The first-order chi connectivity index (χ1) is 5.75. The van der Waals surface area contributed by atoms with Crippen LogP contribution in [0.5, 0.6) is 0 Å². The quantitative estimate of drug-likeness (QED) is 0.677. The molecular weight excluding hydrogens is 150 g/mol. The Labute approximate surface area is 72.8 Å². The van der Waals surface area contributed by atoms with E-state index in [1.807, 2.05) is 0 Å². The van der Waals surface area contributed by atoms with E-state index in [1.54, 1.807) is 0 Å². The highest BCUT2D eigenvalue weighted by Crippen LogP contribution is 2.11. The molecule has 1 aromatic heterocycles. The largest absolute Gasteiger partial charge is 0.353 e. The van der Waals surface area contributed by atoms with Crippen LogP contribution in [0.15, 0.2) is 18.3 Å². The van der Waals surface area contributed by atoms with Gasteiger partial charge in [-0.15, -0.1) is 0 Å². The van der Waals surface area contributed by atoms with E-state index in [1.165, 1.54) is 5.69 Å². The molecule has 1 saturated heterocycles. The first-order valence-corrected chi connectivity index (χ1v) is 4.34. The van der Waals surface area contributed by atoms with Gasteiger partial charge in [0.05, 0.1) is 0 Å². The lowest BCUT2D eigenvalue weighted by Crippen LogP contribution is -2.55. The van der Waals surface area contributed by atoms with Crippen LogP contribution in [0.25, 0.3) is 0 Å². The van der Waals surface area contributed by atoms with Crippen LogP contribution in [-0.2, 0) is 13.6 Å². The minimum Gasteiger partial charge on any atom is -0.353 e. The summed E-state index contributed by atoms with van der Waals surface area (Å²) in [5.41, 5.74) is 7.05. The Kier molecular flexibility index (Phi) is 1.90. The number of likely N-dealkylation sites (tertiary alicyclic amines) is 1. The van der Waals surface area contributed by atoms with Crippen molar-refractivity contribution in [3.05, 3.63) is 24.0 Å². The molecule has 1 aliphatic heterocycles. The van der Waals surface area contributed by atoms with Gasteiger partial charge in [0.2, 0.25) is 0 Å². The predicted octanol–water partition coefficient (Wildman–Crippen LogP) is 0.168. The number of hydrogen-bond acceptors (Lipinski definition) is 2. The number of aryl methyl sites for hydroxylation is 1. The van der Waals surface area contributed by atoms with Crippen molar-refractivity contribution in [3.63, 3.8) is 0 Å². The van der Waals surface area contributed by atoms with Gasteiger partial charge in [0.1, 0.15) is 0 Å². The summed E-state index contributed by atoms with van der Waals surface area (Å²) in [4.78, 5) is 2.36. The standard InChI is InChI=1S/C9H15N3/c1-11-4-2-3-9(11)7-12-5-8(10)6-12/h2-4,8H,5-7,10H2,1H3. The van der Waals surface area contributed by atoms with Gasteiger partial charge < -0.3 is 10.3 Å². The zero-order valence-corrected chi connectivity index (χ0v) is 7.40. The highest BCUT2D eigenvalue weighted by molar-refractivity contribution is 5.07. The van der Waals surface area contributed by atoms with Crippen molar-refractivity contribution in [3.8, 4) is 0 Å². The van der Waals surface area contributed by atoms with Crippen molar-refractivity contribution in [2.24, 2.45) is 12.8 Å². The van der Waals surface area contributed by atoms with Crippen LogP contribution in [0.2, 0.25) is 0 Å². The van der Waals surface area contributed by atoms with Crippen LogP contribution in [0.3, 0.4) is 0 Å². The van der Waals surface area contributed by atoms with Gasteiger partial charge in [-0.1, -0.05) is 0 Å². The molecule has 2 heterocycles. The van der Waals surface area contributed by atoms with E-state index in [0.29, 0.717) is 6.04 Å². The van der Waals surface area contributed by atoms with Gasteiger partial charge in [0.25, 0.3) is 0 Å². The predicted molar refractivity (Wildman–Crippen MR) is 48.7 cm³/mol. The Balaban J connectivity index is 1.92. The van der Waals surface area contributed by atoms with Crippen molar-refractivity contribution >= 4 is 0 Å². The summed E-state index contributed by atoms with van der Waals surface area (Å²) in [5, 5.41) is 0. The number of hydrogen-bond donors (Lipinski definition) is 1. The Bertz CT molecular complexity index is 260. The maximum Gasteiger partial charge on any atom is 0.0388 e. The van der Waals surface area contributed by atoms with E-state index in [-0.39, 0.29) is 0 Å². The third-order valence-corrected chi connectivity index (χ3v) is 2.42. The minimum atomic E-state index is 0.408. The summed E-state index contributed by atoms with van der Waals surface area (Å²) in [6, 6.07) is 4.64. The Morgan fingerprint density at radius 2 is 2.33 bits per heavy atom. The Hall–Kier alpha value is -0.800. The van der Waals surface area contributed by atoms with Gasteiger partial charge in [-0.25, -0.2) is 0 Å². The molecule has 0 atom stereocenters. The van der Waals surface area contributed by atoms with Gasteiger partial charge in [-0.3, -0.25) is 4.90 Å². The fraction of sp³-hybridized carbons (Fsp3) is 0.556. The molecule has 2 rings (SSSR count). The molecule has 0 amide bonds. The molecule has 0 unspecified atom stereocenters. The monoisotopic (exact) mass is 165 g/mol. The molecule has 0 saturated carbocycles. The molecule has 66 valence electrons. The average Bonchev–Trinajstić information content (AvgIpc) is 2.33. The van der Waals surface area contributed by atoms with Crippen molar-refractivity contribution < 1.29 is 0 Å². The highest BCUT2D eigenvalue weighted by Gasteiger charge is 2.22. The second kappa shape index (κ2) is 2.92. The third kappa shape index (κ3) is 1.38. The molecule has 1 aliphatic rings. The fourth-order valence-electron chi connectivity index (χ4n) is 1.63. The molecule has 0 aliphatic carbocycles. The van der Waals surface area contributed by atoms with E-state index in [9.17, 15) is 0 Å². The van der Waals surface area contributed by atoms with E-state index >= 15 is 0 Å². The zero-order valence-electron chi connectivity index (χ0n) is 7.40. The summed E-state index contributed by atoms with van der Waals surface area (Å²) in [6.07, 6.45) is 2.08. The molecule has 0 bridgehead atoms. The van der Waals surface area contributed by atoms with Crippen LogP contribution in [0.1, 0.15) is 5.69 Å². The molecule has 0 aromatic carbocycles. The van der Waals surface area contributed by atoms with Crippen molar-refractivity contribution in [2.45, 2.75) is 12.6 Å². The van der Waals surface area contributed by atoms with E-state index in [4.69, 9.17) is 5.73 Å². The van der Waals surface area contributed by atoms with Crippen molar-refractivity contribution in [2.75, 3.05) is 13.1 Å². The van der Waals surface area contributed by atoms with E-state index < -0.39 is 0 Å². The Morgan fingerprint density at radius 3 is 2.83 bits per heavy atom. The second-order valence-electron chi connectivity index (χ2n) is 3.56. The highest BCUT2D eigenvalue weighted by atomic mass is 15.2. The number of aromatic nitrogens is 1. The Morgan fingerprint density at radius 1 is 1.58 bits per heavy atom. The average molecular weight is 165 g/mol. The molecule has 2 N–H and O–H groups in total. The summed E-state index contributed by atoms with van der Waals surface area (Å²) in [6.45, 7) is 3.13. The number of nitrogens with zero attached hydrogens (tertiary/aromatic N) is 2. The lowest BCUT2D eigenvalue weighted by Gasteiger charge is -2.36. The number of rotatable bonds is 2. The van der Waals surface area contributed by atoms with Gasteiger partial charge in [0, 0.05) is 44.6 Å². The van der Waals surface area contributed by atoms with Crippen molar-refractivity contribution in [1.29, 1.82) is 0 Å². The lowest BCUT2D eigenvalue weighted by molar-refractivity contribution is 0.139. The molecule has 3 heteroatoms. The molecule has 1 fully saturated rings. The minimum absolute atomic E-state index is 0.408. The second-order valence-corrected chi connectivity index (χ2v) is 3.56. The van der Waals surface area contributed by atoms with Crippen LogP contribution >= 0.6 is 0 Å². The first-order valence-electron chi connectivity index (χ1n) is 4.34. The molecule has 0 radical (unpaired) electrons. The van der Waals surface area contributed by atoms with Crippen LogP contribution < -0.4 is 5.73 Å². The van der Waals surface area contributed by atoms with E-state index in [2.05, 4.69) is 34.8 Å². The maximum absolute atomic E-state index is 5.69. The van der Waals surface area contributed by atoms with Crippen LogP contribution in [-0.4, -0.2) is 28.6 Å². The fourth-order valence-corrected chi connectivity index (χ4v) is 1.63. The topological polar surface area (TPSA) is 34.2 Å². The summed E-state index contributed by atoms with van der Waals surface area (Å²) < 4.78 is 2.16. The lowest BCUT2D eigenvalue weighted by atomic mass is 10.1. The summed E-state index contributed by atoms with van der Waals surface area (Å²) in [5.74, 6) is 0. The van der Waals surface area contributed by atoms with Gasteiger partial charge >= 0.3 is 0 Å². The maximum atomic E-state index is 5.69. The smallest absolute Gasteiger partial charge is 0.0388 e. The molecule has 0 spiro atoms.